The Morgan fingerprint density at radius 3 is 1.39 bits per heavy atom. The molecule has 3 aromatic heterocycles. The second-order valence-electron chi connectivity index (χ2n) is 17.0. The summed E-state index contributed by atoms with van der Waals surface area (Å²) < 4.78 is 56.5. The van der Waals surface area contributed by atoms with E-state index in [1.54, 1.807) is 40.5 Å². The van der Waals surface area contributed by atoms with Crippen LogP contribution in [0.4, 0.5) is 13.2 Å². The maximum atomic E-state index is 12.8. The summed E-state index contributed by atoms with van der Waals surface area (Å²) in [7, 11) is 15.4. The number of hydrogen-bond acceptors (Lipinski definition) is 11. The van der Waals surface area contributed by atoms with Gasteiger partial charge < -0.3 is 39.1 Å². The molecule has 0 bridgehead atoms. The number of benzene rings is 3. The summed E-state index contributed by atoms with van der Waals surface area (Å²) >= 11 is 0. The molecular weight excluding hydrogens is 892 g/mol. The molecule has 69 heavy (non-hydrogen) atoms. The van der Waals surface area contributed by atoms with Crippen molar-refractivity contribution in [1.82, 2.24) is 54.7 Å². The summed E-state index contributed by atoms with van der Waals surface area (Å²) in [6.45, 7) is 5.71. The van der Waals surface area contributed by atoms with Crippen LogP contribution in [0, 0.1) is 0 Å². The number of amides is 2. The summed E-state index contributed by atoms with van der Waals surface area (Å²) in [5.74, 6) is 0.701. The molecule has 0 unspecified atom stereocenters. The molecule has 16 nitrogen and oxygen atoms in total. The number of H-pyrrole nitrogens is 1. The fourth-order valence-electron chi connectivity index (χ4n) is 6.33. The van der Waals surface area contributed by atoms with E-state index in [9.17, 15) is 22.8 Å². The van der Waals surface area contributed by atoms with Crippen LogP contribution in [0.3, 0.4) is 0 Å². The molecule has 2 N–H and O–H groups in total. The largest absolute Gasteiger partial charge is 0.477 e. The van der Waals surface area contributed by atoms with Gasteiger partial charge in [-0.15, -0.1) is 15.3 Å². The number of carbonyl (C=O) groups is 2. The zero-order chi connectivity index (χ0) is 50.2. The van der Waals surface area contributed by atoms with Crippen LogP contribution in [0.25, 0.3) is 0 Å². The first-order valence-electron chi connectivity index (χ1n) is 22.7. The lowest BCUT2D eigenvalue weighted by atomic mass is 10.2. The summed E-state index contributed by atoms with van der Waals surface area (Å²) in [6.07, 6.45) is -1.86. The molecule has 0 spiro atoms. The Labute approximate surface area is 403 Å². The lowest BCUT2D eigenvalue weighted by Gasteiger charge is -2.11. The smallest absolute Gasteiger partial charge is 0.432 e. The second kappa shape index (κ2) is 28.6. The molecule has 3 aromatic carbocycles. The maximum absolute atomic E-state index is 12.8. The molecule has 3 heterocycles. The van der Waals surface area contributed by atoms with Crippen LogP contribution in [0.2, 0.25) is 0 Å². The van der Waals surface area contributed by atoms with Crippen molar-refractivity contribution in [3.63, 3.8) is 0 Å². The van der Waals surface area contributed by atoms with Crippen LogP contribution in [-0.2, 0) is 25.8 Å². The second-order valence-corrected chi connectivity index (χ2v) is 17.0. The molecule has 0 aliphatic carbocycles. The predicted octanol–water partition coefficient (Wildman–Crippen LogP) is 6.91. The van der Waals surface area contributed by atoms with E-state index in [0.717, 1.165) is 61.7 Å². The summed E-state index contributed by atoms with van der Waals surface area (Å²) in [5.41, 5.74) is 3.35. The topological polar surface area (TPSA) is 151 Å². The molecule has 0 fully saturated rings. The van der Waals surface area contributed by atoms with Gasteiger partial charge in [0.15, 0.2) is 0 Å². The van der Waals surface area contributed by atoms with Gasteiger partial charge in [-0.2, -0.15) is 13.2 Å². The number of aromatic nitrogens is 6. The summed E-state index contributed by atoms with van der Waals surface area (Å²) in [6, 6.07) is 34.1. The minimum atomic E-state index is -4.40. The molecule has 2 amide bonds. The van der Waals surface area contributed by atoms with Gasteiger partial charge in [0.05, 0.1) is 32.9 Å². The van der Waals surface area contributed by atoms with E-state index in [0.29, 0.717) is 62.6 Å². The first-order valence-corrected chi connectivity index (χ1v) is 22.7. The van der Waals surface area contributed by atoms with E-state index in [4.69, 9.17) is 14.2 Å². The number of aromatic amines is 1. The Morgan fingerprint density at radius 2 is 0.986 bits per heavy atom. The van der Waals surface area contributed by atoms with Gasteiger partial charge >= 0.3 is 6.18 Å². The van der Waals surface area contributed by atoms with Crippen LogP contribution in [-0.4, -0.2) is 157 Å². The van der Waals surface area contributed by atoms with Crippen LogP contribution in [0.1, 0.15) is 62.6 Å². The zero-order valence-electron chi connectivity index (χ0n) is 41.1. The monoisotopic (exact) mass is 960 g/mol. The number of alkyl halides is 3. The van der Waals surface area contributed by atoms with Gasteiger partial charge in [0.1, 0.15) is 17.1 Å². The SMILES string of the molecule is CN(C)CCCOc1cc(C(=O)N(C)C)n(Cc2ccccc2)n1.CN(C)CCCOc1cc(C(=O)NCc2ccccc2)n(Cc2ccccc2)n1.CN(C)CCCOc1cc(C(F)(F)F)[nH]n1. The van der Waals surface area contributed by atoms with Crippen LogP contribution < -0.4 is 19.5 Å². The minimum Gasteiger partial charge on any atom is -0.477 e. The highest BCUT2D eigenvalue weighted by Gasteiger charge is 2.33. The van der Waals surface area contributed by atoms with Crippen LogP contribution in [0.15, 0.2) is 109 Å². The van der Waals surface area contributed by atoms with Crippen molar-refractivity contribution >= 4 is 11.8 Å². The van der Waals surface area contributed by atoms with Gasteiger partial charge in [0, 0.05) is 58.5 Å². The van der Waals surface area contributed by atoms with Gasteiger partial charge in [0.25, 0.3) is 11.8 Å². The minimum absolute atomic E-state index is 0.0221. The normalized spacial score (nSPS) is 11.2. The molecule has 0 atom stereocenters. The third-order valence-corrected chi connectivity index (χ3v) is 9.88. The van der Waals surface area contributed by atoms with Gasteiger partial charge in [-0.3, -0.25) is 24.1 Å². The Balaban J connectivity index is 0.000000235. The molecular formula is C50H68F3N11O5. The highest BCUT2D eigenvalue weighted by atomic mass is 19.4. The Bertz CT molecular complexity index is 2370. The van der Waals surface area contributed by atoms with Crippen molar-refractivity contribution in [3.05, 3.63) is 143 Å². The highest BCUT2D eigenvalue weighted by Crippen LogP contribution is 2.29. The molecule has 0 aliphatic rings. The van der Waals surface area contributed by atoms with Crippen molar-refractivity contribution in [1.29, 1.82) is 0 Å². The average molecular weight is 960 g/mol. The Hall–Kier alpha value is -6.70. The quantitative estimate of drug-likeness (QED) is 0.0645. The lowest BCUT2D eigenvalue weighted by molar-refractivity contribution is -0.141. The van der Waals surface area contributed by atoms with Gasteiger partial charge in [0.2, 0.25) is 17.6 Å². The van der Waals surface area contributed by atoms with E-state index in [1.165, 1.54) is 0 Å². The van der Waals surface area contributed by atoms with E-state index in [-0.39, 0.29) is 17.7 Å². The first kappa shape index (κ1) is 54.9. The Morgan fingerprint density at radius 1 is 0.580 bits per heavy atom. The number of nitrogens with zero attached hydrogens (tertiary/aromatic N) is 9. The molecule has 0 saturated heterocycles. The van der Waals surface area contributed by atoms with Crippen molar-refractivity contribution in [2.45, 2.75) is 45.1 Å². The van der Waals surface area contributed by atoms with Crippen molar-refractivity contribution < 1.29 is 37.0 Å². The number of carbonyl (C=O) groups excluding carboxylic acids is 2. The number of nitrogens with one attached hydrogen (secondary N) is 2. The molecule has 6 aromatic rings. The van der Waals surface area contributed by atoms with Gasteiger partial charge in [-0.1, -0.05) is 91.0 Å². The predicted molar refractivity (Wildman–Crippen MR) is 261 cm³/mol. The van der Waals surface area contributed by atoms with Crippen molar-refractivity contribution in [3.8, 4) is 17.6 Å². The van der Waals surface area contributed by atoms with Gasteiger partial charge in [-0.05, 0) is 78.2 Å². The fourth-order valence-corrected chi connectivity index (χ4v) is 6.33. The summed E-state index contributed by atoms with van der Waals surface area (Å²) in [5, 5.41) is 17.3. The number of halogens is 3. The fraction of sp³-hybridized carbons (Fsp3) is 0.420. The summed E-state index contributed by atoms with van der Waals surface area (Å²) in [4.78, 5) is 33.0. The molecule has 0 aliphatic heterocycles. The Kier molecular flexibility index (Phi) is 22.7. The van der Waals surface area contributed by atoms with Gasteiger partial charge in [-0.25, -0.2) is 0 Å². The molecule has 0 radical (unpaired) electrons. The zero-order valence-corrected chi connectivity index (χ0v) is 41.1. The first-order chi connectivity index (χ1) is 33.0. The van der Waals surface area contributed by atoms with Crippen LogP contribution in [0.5, 0.6) is 17.6 Å². The standard InChI is InChI=1S/C23H28N4O2.C18H26N4O2.C9H14F3N3O/c1-26(2)14-9-15-29-22-16-21(23(28)24-17-19-10-5-3-6-11-19)27(25-22)18-20-12-7-4-8-13-20;1-20(2)11-8-12-24-17-13-16(18(23)21(3)4)22(19-17)14-15-9-6-5-7-10-15;1-15(2)4-3-5-16-8-6-7(13-14-8)9(10,11)12/h3-8,10-13,16H,9,14-15,17-18H2,1-2H3,(H,24,28);5-7,9-10,13H,8,11-12,14H2,1-4H3;6H,3-5H2,1-2H3,(H,13,14). The third-order valence-electron chi connectivity index (χ3n) is 9.88. The van der Waals surface area contributed by atoms with E-state index >= 15 is 0 Å². The van der Waals surface area contributed by atoms with E-state index < -0.39 is 11.9 Å². The van der Waals surface area contributed by atoms with Crippen molar-refractivity contribution in [2.24, 2.45) is 0 Å². The average Bonchev–Trinajstić information content (AvgIpc) is 4.07. The molecule has 6 rings (SSSR count). The van der Waals surface area contributed by atoms with Crippen molar-refractivity contribution in [2.75, 3.05) is 95.8 Å². The third kappa shape index (κ3) is 20.6. The highest BCUT2D eigenvalue weighted by molar-refractivity contribution is 5.93. The number of ether oxygens (including phenoxy) is 3. The van der Waals surface area contributed by atoms with E-state index in [1.807, 2.05) is 143 Å². The maximum Gasteiger partial charge on any atom is 0.432 e. The molecule has 19 heteroatoms. The lowest BCUT2D eigenvalue weighted by Crippen LogP contribution is -2.26. The van der Waals surface area contributed by atoms with Crippen LogP contribution >= 0.6 is 0 Å². The van der Waals surface area contributed by atoms with E-state index in [2.05, 4.69) is 30.4 Å². The molecule has 0 saturated carbocycles. The molecule has 374 valence electrons. The number of rotatable bonds is 23. The number of hydrogen-bond donors (Lipinski definition) is 2.